The molecule has 0 spiro atoms. The minimum atomic E-state index is -0.0273. The third-order valence-corrected chi connectivity index (χ3v) is 7.26. The molecule has 6 rings (SSSR count). The molecule has 4 unspecified atom stereocenters. The molecule has 3 aliphatic rings. The Labute approximate surface area is 211 Å². The second kappa shape index (κ2) is 9.29. The van der Waals surface area contributed by atoms with Crippen LogP contribution in [0.1, 0.15) is 24.0 Å². The summed E-state index contributed by atoms with van der Waals surface area (Å²) in [5.41, 5.74) is 31.2. The van der Waals surface area contributed by atoms with Crippen molar-refractivity contribution >= 4 is 23.5 Å². The van der Waals surface area contributed by atoms with E-state index >= 15 is 0 Å². The average Bonchev–Trinajstić information content (AvgIpc) is 3.20. The van der Waals surface area contributed by atoms with E-state index in [-0.39, 0.29) is 24.2 Å². The van der Waals surface area contributed by atoms with E-state index in [0.29, 0.717) is 44.0 Å². The molecular weight excluding hydrogens is 452 g/mol. The Bertz CT molecular complexity index is 1200. The van der Waals surface area contributed by atoms with Crippen molar-refractivity contribution in [2.24, 2.45) is 22.9 Å². The molecule has 0 radical (unpaired) electrons. The van der Waals surface area contributed by atoms with Gasteiger partial charge in [-0.2, -0.15) is 15.0 Å². The van der Waals surface area contributed by atoms with Gasteiger partial charge in [0.15, 0.2) is 0 Å². The van der Waals surface area contributed by atoms with E-state index in [2.05, 4.69) is 57.6 Å². The van der Waals surface area contributed by atoms with Crippen molar-refractivity contribution in [3.8, 4) is 11.1 Å². The van der Waals surface area contributed by atoms with Crippen LogP contribution in [0.4, 0.5) is 23.5 Å². The maximum atomic E-state index is 6.27. The molecule has 2 aliphatic heterocycles. The lowest BCUT2D eigenvalue weighted by Crippen LogP contribution is -2.54. The van der Waals surface area contributed by atoms with E-state index in [0.717, 1.165) is 24.9 Å². The number of anilines is 4. The van der Waals surface area contributed by atoms with Crippen LogP contribution in [0.2, 0.25) is 0 Å². The van der Waals surface area contributed by atoms with Crippen LogP contribution < -0.4 is 38.1 Å². The van der Waals surface area contributed by atoms with Crippen molar-refractivity contribution in [2.75, 3.05) is 41.3 Å². The normalized spacial score (nSPS) is 25.4. The van der Waals surface area contributed by atoms with Crippen LogP contribution in [0.3, 0.4) is 0 Å². The van der Waals surface area contributed by atoms with Crippen molar-refractivity contribution in [1.82, 2.24) is 15.0 Å². The van der Waals surface area contributed by atoms with Gasteiger partial charge in [-0.15, -0.1) is 0 Å². The first-order valence-corrected chi connectivity index (χ1v) is 12.7. The van der Waals surface area contributed by atoms with Gasteiger partial charge in [0, 0.05) is 56.0 Å². The third-order valence-electron chi connectivity index (χ3n) is 7.26. The Morgan fingerprint density at radius 2 is 1.22 bits per heavy atom. The minimum Gasteiger partial charge on any atom is -0.338 e. The highest BCUT2D eigenvalue weighted by Gasteiger charge is 2.29. The number of hydrogen-bond donors (Lipinski definition) is 5. The van der Waals surface area contributed by atoms with Crippen LogP contribution >= 0.6 is 0 Å². The molecule has 3 aromatic rings. The summed E-state index contributed by atoms with van der Waals surface area (Å²) < 4.78 is 0. The molecule has 0 bridgehead atoms. The number of fused-ring (bicyclic) bond motifs is 3. The van der Waals surface area contributed by atoms with E-state index in [9.17, 15) is 0 Å². The van der Waals surface area contributed by atoms with Crippen LogP contribution in [0.25, 0.3) is 11.1 Å². The Hall–Kier alpha value is -3.31. The largest absolute Gasteiger partial charge is 0.338 e. The molecule has 9 N–H and O–H groups in total. The maximum Gasteiger partial charge on any atom is 0.233 e. The van der Waals surface area contributed by atoms with Gasteiger partial charge in [0.1, 0.15) is 0 Å². The lowest BCUT2D eigenvalue weighted by atomic mass is 10.0. The van der Waals surface area contributed by atoms with E-state index in [4.69, 9.17) is 37.9 Å². The zero-order valence-electron chi connectivity index (χ0n) is 20.3. The standard InChI is InChI=1S/C26H34N10/c27-17-9-18(28)12-35(11-17)25-32-24(33-26(34-25)36-13-19(29)10-20(30)14-36)31-21-5-6-23-16(8-21)7-15-3-1-2-4-22(15)23/h1-6,8,17-20H,7,9-14,27-30H2,(H,31,32,33,34). The molecule has 1 aliphatic carbocycles. The summed E-state index contributed by atoms with van der Waals surface area (Å²) in [5.74, 6) is 1.61. The zero-order chi connectivity index (χ0) is 24.8. The fourth-order valence-corrected chi connectivity index (χ4v) is 5.73. The smallest absolute Gasteiger partial charge is 0.233 e. The van der Waals surface area contributed by atoms with Crippen molar-refractivity contribution < 1.29 is 0 Å². The number of nitrogens with zero attached hydrogens (tertiary/aromatic N) is 5. The lowest BCUT2D eigenvalue weighted by molar-refractivity contribution is 0.441. The molecular formula is C26H34N10. The fourth-order valence-electron chi connectivity index (χ4n) is 5.73. The molecule has 4 atom stereocenters. The summed E-state index contributed by atoms with van der Waals surface area (Å²) in [6.07, 6.45) is 2.49. The number of rotatable bonds is 4. The highest BCUT2D eigenvalue weighted by Crippen LogP contribution is 2.38. The van der Waals surface area contributed by atoms with Gasteiger partial charge >= 0.3 is 0 Å². The summed E-state index contributed by atoms with van der Waals surface area (Å²) in [7, 11) is 0. The number of piperidine rings is 2. The van der Waals surface area contributed by atoms with Crippen LogP contribution in [0.15, 0.2) is 42.5 Å². The molecule has 2 saturated heterocycles. The molecule has 1 aromatic heterocycles. The predicted molar refractivity (Wildman–Crippen MR) is 143 cm³/mol. The summed E-state index contributed by atoms with van der Waals surface area (Å²) >= 11 is 0. The van der Waals surface area contributed by atoms with E-state index < -0.39 is 0 Å². The number of nitrogens with two attached hydrogens (primary N) is 4. The second-order valence-electron chi connectivity index (χ2n) is 10.4. The SMILES string of the molecule is NC1CC(N)CN(c2nc(Nc3ccc4c(c3)Cc3ccccc3-4)nc(N3CC(N)CC(N)C3)n2)C1. The molecule has 10 heteroatoms. The summed E-state index contributed by atoms with van der Waals surface area (Å²) in [6, 6.07) is 14.9. The molecule has 0 saturated carbocycles. The van der Waals surface area contributed by atoms with Gasteiger partial charge in [0.2, 0.25) is 17.8 Å². The molecule has 3 heterocycles. The molecule has 36 heavy (non-hydrogen) atoms. The third kappa shape index (κ3) is 4.60. The van der Waals surface area contributed by atoms with Crippen LogP contribution in [0, 0.1) is 0 Å². The van der Waals surface area contributed by atoms with Gasteiger partial charge in [0.05, 0.1) is 0 Å². The molecule has 188 valence electrons. The molecule has 2 fully saturated rings. The Kier molecular flexibility index (Phi) is 5.96. The average molecular weight is 487 g/mol. The van der Waals surface area contributed by atoms with E-state index in [1.165, 1.54) is 22.3 Å². The predicted octanol–water partition coefficient (Wildman–Crippen LogP) is 0.916. The first kappa shape index (κ1) is 23.1. The molecule has 0 amide bonds. The van der Waals surface area contributed by atoms with Crippen molar-refractivity contribution in [2.45, 2.75) is 43.4 Å². The number of benzene rings is 2. The van der Waals surface area contributed by atoms with Gasteiger partial charge in [-0.3, -0.25) is 0 Å². The minimum absolute atomic E-state index is 0.0273. The first-order chi connectivity index (χ1) is 17.4. The maximum absolute atomic E-state index is 6.27. The van der Waals surface area contributed by atoms with Crippen LogP contribution in [-0.4, -0.2) is 65.3 Å². The second-order valence-corrected chi connectivity index (χ2v) is 10.4. The Morgan fingerprint density at radius 3 is 1.83 bits per heavy atom. The van der Waals surface area contributed by atoms with Gasteiger partial charge in [-0.25, -0.2) is 0 Å². The van der Waals surface area contributed by atoms with Gasteiger partial charge in [0.25, 0.3) is 0 Å². The quantitative estimate of drug-likeness (QED) is 0.280. The lowest BCUT2D eigenvalue weighted by Gasteiger charge is -2.37. The van der Waals surface area contributed by atoms with Crippen molar-refractivity contribution in [1.29, 1.82) is 0 Å². The van der Waals surface area contributed by atoms with Gasteiger partial charge < -0.3 is 38.1 Å². The van der Waals surface area contributed by atoms with E-state index in [1.807, 2.05) is 0 Å². The number of aromatic nitrogens is 3. The highest BCUT2D eigenvalue weighted by atomic mass is 15.4. The zero-order valence-corrected chi connectivity index (χ0v) is 20.3. The summed E-state index contributed by atoms with van der Waals surface area (Å²) in [5, 5.41) is 3.42. The van der Waals surface area contributed by atoms with Crippen molar-refractivity contribution in [3.63, 3.8) is 0 Å². The topological polar surface area (TPSA) is 161 Å². The molecule has 10 nitrogen and oxygen atoms in total. The van der Waals surface area contributed by atoms with Crippen LogP contribution in [0.5, 0.6) is 0 Å². The van der Waals surface area contributed by atoms with Crippen LogP contribution in [-0.2, 0) is 6.42 Å². The van der Waals surface area contributed by atoms with Crippen molar-refractivity contribution in [3.05, 3.63) is 53.6 Å². The first-order valence-electron chi connectivity index (χ1n) is 12.7. The Balaban J connectivity index is 1.32. The summed E-state index contributed by atoms with van der Waals surface area (Å²) in [4.78, 5) is 18.5. The number of nitrogens with one attached hydrogen (secondary N) is 1. The fraction of sp³-hybridized carbons (Fsp3) is 0.423. The summed E-state index contributed by atoms with van der Waals surface area (Å²) in [6.45, 7) is 2.58. The Morgan fingerprint density at radius 1 is 0.667 bits per heavy atom. The number of hydrogen-bond acceptors (Lipinski definition) is 10. The monoisotopic (exact) mass is 486 g/mol. The van der Waals surface area contributed by atoms with Gasteiger partial charge in [-0.1, -0.05) is 30.3 Å². The highest BCUT2D eigenvalue weighted by molar-refractivity contribution is 5.79. The molecule has 2 aromatic carbocycles. The van der Waals surface area contributed by atoms with E-state index in [1.54, 1.807) is 0 Å². The van der Waals surface area contributed by atoms with Gasteiger partial charge in [-0.05, 0) is 53.6 Å².